The van der Waals surface area contributed by atoms with E-state index in [-0.39, 0.29) is 11.8 Å². The molecule has 54 valence electrons. The van der Waals surface area contributed by atoms with Crippen LogP contribution in [0.15, 0.2) is 0 Å². The van der Waals surface area contributed by atoms with Crippen LogP contribution in [0.25, 0.3) is 0 Å². The summed E-state index contributed by atoms with van der Waals surface area (Å²) in [5.74, 6) is 0.442. The molecular weight excluding hydrogens is 130 g/mol. The van der Waals surface area contributed by atoms with Gasteiger partial charge in [0.05, 0.1) is 0 Å². The van der Waals surface area contributed by atoms with E-state index in [0.29, 0.717) is 0 Å². The van der Waals surface area contributed by atoms with E-state index in [1.165, 1.54) is 4.57 Å². The van der Waals surface area contributed by atoms with E-state index in [0.717, 1.165) is 24.0 Å². The second-order valence-corrected chi connectivity index (χ2v) is 2.66. The van der Waals surface area contributed by atoms with Gasteiger partial charge in [-0.25, -0.2) is 0 Å². The van der Waals surface area contributed by atoms with Gasteiger partial charge in [0.25, 0.3) is 0 Å². The molecule has 1 aliphatic rings. The van der Waals surface area contributed by atoms with E-state index < -0.39 is 0 Å². The molecule has 0 saturated heterocycles. The summed E-state index contributed by atoms with van der Waals surface area (Å²) < 4.78 is 1.41. The van der Waals surface area contributed by atoms with Crippen LogP contribution in [0.4, 0.5) is 0 Å². The van der Waals surface area contributed by atoms with Crippen LogP contribution in [0.2, 0.25) is 0 Å². The molecular formula is C7H9NO2. The van der Waals surface area contributed by atoms with Gasteiger partial charge in [-0.3, -0.25) is 4.57 Å². The highest BCUT2D eigenvalue weighted by Crippen LogP contribution is 2.39. The minimum Gasteiger partial charge on any atom is -0.494 e. The van der Waals surface area contributed by atoms with Gasteiger partial charge >= 0.3 is 0 Å². The number of aromatic hydroxyl groups is 2. The zero-order valence-corrected chi connectivity index (χ0v) is 5.76. The number of rotatable bonds is 0. The summed E-state index contributed by atoms with van der Waals surface area (Å²) in [5.41, 5.74) is 1.83. The van der Waals surface area contributed by atoms with Crippen LogP contribution >= 0.6 is 0 Å². The number of hydrogen-bond donors (Lipinski definition) is 2. The van der Waals surface area contributed by atoms with Crippen molar-refractivity contribution in [3.63, 3.8) is 0 Å². The highest BCUT2D eigenvalue weighted by atomic mass is 16.3. The molecule has 2 rings (SSSR count). The third-order valence-electron chi connectivity index (χ3n) is 2.16. The fourth-order valence-corrected chi connectivity index (χ4v) is 1.37. The lowest BCUT2D eigenvalue weighted by Gasteiger charge is -2.11. The van der Waals surface area contributed by atoms with Crippen molar-refractivity contribution in [3.8, 4) is 11.8 Å². The molecule has 3 nitrogen and oxygen atoms in total. The minimum atomic E-state index is 0.221. The number of fused-ring (bicyclic) bond motifs is 1. The van der Waals surface area contributed by atoms with Gasteiger partial charge in [-0.2, -0.15) is 0 Å². The molecule has 0 aliphatic heterocycles. The van der Waals surface area contributed by atoms with E-state index in [9.17, 15) is 10.2 Å². The normalized spacial score (nSPS) is 14.5. The SMILES string of the molecule is Cn1c(O)c2c(c1O)CC2. The third-order valence-corrected chi connectivity index (χ3v) is 2.16. The fraction of sp³-hybridized carbons (Fsp3) is 0.429. The van der Waals surface area contributed by atoms with Gasteiger partial charge in [0.1, 0.15) is 0 Å². The first kappa shape index (κ1) is 5.65. The van der Waals surface area contributed by atoms with E-state index >= 15 is 0 Å². The summed E-state index contributed by atoms with van der Waals surface area (Å²) in [4.78, 5) is 0. The molecule has 1 aliphatic carbocycles. The van der Waals surface area contributed by atoms with Crippen LogP contribution in [0.3, 0.4) is 0 Å². The Balaban J connectivity index is 2.73. The largest absolute Gasteiger partial charge is 0.494 e. The van der Waals surface area contributed by atoms with Gasteiger partial charge in [0.2, 0.25) is 0 Å². The lowest BCUT2D eigenvalue weighted by molar-refractivity contribution is 0.386. The highest BCUT2D eigenvalue weighted by Gasteiger charge is 2.26. The second-order valence-electron chi connectivity index (χ2n) is 2.66. The van der Waals surface area contributed by atoms with Crippen LogP contribution in [0.5, 0.6) is 11.8 Å². The monoisotopic (exact) mass is 139 g/mol. The summed E-state index contributed by atoms with van der Waals surface area (Å²) in [5, 5.41) is 18.5. The van der Waals surface area contributed by atoms with Crippen molar-refractivity contribution in [2.75, 3.05) is 0 Å². The Bertz CT molecular complexity index is 221. The number of nitrogens with zero attached hydrogens (tertiary/aromatic N) is 1. The zero-order valence-electron chi connectivity index (χ0n) is 5.76. The molecule has 0 bridgehead atoms. The first-order valence-corrected chi connectivity index (χ1v) is 3.30. The maximum Gasteiger partial charge on any atom is 0.197 e. The smallest absolute Gasteiger partial charge is 0.197 e. The summed E-state index contributed by atoms with van der Waals surface area (Å²) >= 11 is 0. The molecule has 0 spiro atoms. The van der Waals surface area contributed by atoms with Crippen LogP contribution < -0.4 is 0 Å². The Morgan fingerprint density at radius 3 is 1.70 bits per heavy atom. The Kier molecular flexibility index (Phi) is 0.836. The zero-order chi connectivity index (χ0) is 7.30. The van der Waals surface area contributed by atoms with Crippen LogP contribution in [-0.4, -0.2) is 14.8 Å². The highest BCUT2D eigenvalue weighted by molar-refractivity contribution is 5.50. The topological polar surface area (TPSA) is 45.4 Å². The van der Waals surface area contributed by atoms with E-state index in [1.807, 2.05) is 0 Å². The minimum absolute atomic E-state index is 0.221. The molecule has 10 heavy (non-hydrogen) atoms. The Morgan fingerprint density at radius 2 is 1.50 bits per heavy atom. The van der Waals surface area contributed by atoms with Crippen molar-refractivity contribution in [3.05, 3.63) is 11.1 Å². The Morgan fingerprint density at radius 1 is 1.10 bits per heavy atom. The average Bonchev–Trinajstić information content (AvgIpc) is 1.92. The van der Waals surface area contributed by atoms with Gasteiger partial charge in [0.15, 0.2) is 11.8 Å². The second kappa shape index (κ2) is 1.48. The molecule has 0 atom stereocenters. The van der Waals surface area contributed by atoms with Crippen LogP contribution in [0, 0.1) is 0 Å². The lowest BCUT2D eigenvalue weighted by atomic mass is 9.93. The Labute approximate surface area is 58.5 Å². The molecule has 0 unspecified atom stereocenters. The number of hydrogen-bond acceptors (Lipinski definition) is 2. The fourth-order valence-electron chi connectivity index (χ4n) is 1.37. The maximum absolute atomic E-state index is 9.26. The van der Waals surface area contributed by atoms with Gasteiger partial charge < -0.3 is 10.2 Å². The summed E-state index contributed by atoms with van der Waals surface area (Å²) in [6.07, 6.45) is 1.80. The van der Waals surface area contributed by atoms with Crippen molar-refractivity contribution < 1.29 is 10.2 Å². The van der Waals surface area contributed by atoms with Crippen molar-refractivity contribution >= 4 is 0 Å². The lowest BCUT2D eigenvalue weighted by Crippen LogP contribution is -2.03. The molecule has 2 N–H and O–H groups in total. The van der Waals surface area contributed by atoms with E-state index in [4.69, 9.17) is 0 Å². The number of aromatic nitrogens is 1. The van der Waals surface area contributed by atoms with Crippen molar-refractivity contribution in [1.29, 1.82) is 0 Å². The van der Waals surface area contributed by atoms with Crippen molar-refractivity contribution in [2.24, 2.45) is 7.05 Å². The van der Waals surface area contributed by atoms with Crippen molar-refractivity contribution in [1.82, 2.24) is 4.57 Å². The van der Waals surface area contributed by atoms with Gasteiger partial charge in [-0.15, -0.1) is 0 Å². The van der Waals surface area contributed by atoms with Crippen LogP contribution in [-0.2, 0) is 19.9 Å². The van der Waals surface area contributed by atoms with E-state index in [1.54, 1.807) is 7.05 Å². The van der Waals surface area contributed by atoms with Crippen LogP contribution in [0.1, 0.15) is 11.1 Å². The van der Waals surface area contributed by atoms with Gasteiger partial charge in [0, 0.05) is 18.2 Å². The molecule has 3 heteroatoms. The molecule has 0 saturated carbocycles. The van der Waals surface area contributed by atoms with Gasteiger partial charge in [-0.1, -0.05) is 0 Å². The first-order valence-electron chi connectivity index (χ1n) is 3.30. The van der Waals surface area contributed by atoms with Gasteiger partial charge in [-0.05, 0) is 12.8 Å². The first-order chi connectivity index (χ1) is 4.72. The molecule has 0 aromatic carbocycles. The molecule has 1 aromatic rings. The summed E-state index contributed by atoms with van der Waals surface area (Å²) in [6, 6.07) is 0. The van der Waals surface area contributed by atoms with Crippen molar-refractivity contribution in [2.45, 2.75) is 12.8 Å². The summed E-state index contributed by atoms with van der Waals surface area (Å²) in [7, 11) is 1.66. The molecule has 1 aromatic heterocycles. The molecule has 0 radical (unpaired) electrons. The molecule has 0 fully saturated rings. The summed E-state index contributed by atoms with van der Waals surface area (Å²) in [6.45, 7) is 0. The quantitative estimate of drug-likeness (QED) is 0.551. The van der Waals surface area contributed by atoms with E-state index in [2.05, 4.69) is 0 Å². The molecule has 0 amide bonds. The molecule has 1 heterocycles. The predicted molar refractivity (Wildman–Crippen MR) is 36.2 cm³/mol. The average molecular weight is 139 g/mol. The predicted octanol–water partition coefficient (Wildman–Crippen LogP) is 0.535. The maximum atomic E-state index is 9.26. The Hall–Kier alpha value is -1.12. The third kappa shape index (κ3) is 0.417. The standard InChI is InChI=1S/C7H9NO2/c1-8-6(9)4-2-3-5(4)7(8)10/h9-10H,2-3H2,1H3.